The highest BCUT2D eigenvalue weighted by molar-refractivity contribution is 7.89. The fourth-order valence-corrected chi connectivity index (χ4v) is 6.46. The van der Waals surface area contributed by atoms with Crippen LogP contribution in [-0.2, 0) is 10.0 Å². The molecule has 0 saturated carbocycles. The fourth-order valence-electron chi connectivity index (χ4n) is 3.99. The smallest absolute Gasteiger partial charge is 0.243 e. The molecule has 0 atom stereocenters. The van der Waals surface area contributed by atoms with Crippen LogP contribution in [0.4, 0.5) is 5.13 Å². The van der Waals surface area contributed by atoms with E-state index in [4.69, 9.17) is 0 Å². The zero-order valence-electron chi connectivity index (χ0n) is 18.2. The van der Waals surface area contributed by atoms with Crippen molar-refractivity contribution in [3.05, 3.63) is 76.3 Å². The van der Waals surface area contributed by atoms with Gasteiger partial charge in [-0.15, -0.1) is 0 Å². The molecule has 1 aromatic heterocycles. The van der Waals surface area contributed by atoms with Crippen LogP contribution in [0.1, 0.15) is 39.2 Å². The Balaban J connectivity index is 1.32. The Kier molecular flexibility index (Phi) is 6.74. The Morgan fingerprint density at radius 1 is 1.06 bits per heavy atom. The molecule has 2 aromatic carbocycles. The summed E-state index contributed by atoms with van der Waals surface area (Å²) in [5, 5.41) is 4.06. The van der Waals surface area contributed by atoms with Gasteiger partial charge in [0.2, 0.25) is 15.8 Å². The van der Waals surface area contributed by atoms with Crippen LogP contribution in [0.15, 0.2) is 59.6 Å². The van der Waals surface area contributed by atoms with Gasteiger partial charge in [-0.25, -0.2) is 13.4 Å². The molecule has 0 unspecified atom stereocenters. The van der Waals surface area contributed by atoms with E-state index in [9.17, 15) is 13.2 Å². The summed E-state index contributed by atoms with van der Waals surface area (Å²) in [5.74, 6) is 0.348. The predicted octanol–water partition coefficient (Wildman–Crippen LogP) is 4.50. The van der Waals surface area contributed by atoms with Crippen molar-refractivity contribution >= 4 is 32.3 Å². The second-order valence-electron chi connectivity index (χ2n) is 8.17. The number of aromatic nitrogens is 1. The lowest BCUT2D eigenvalue weighted by molar-refractivity contribution is 0.104. The van der Waals surface area contributed by atoms with Crippen molar-refractivity contribution in [2.45, 2.75) is 31.6 Å². The SMILES string of the molecule is Cc1ccccc1C(=O)c1cnc(NCC2CCN(S(=O)(=O)c3ccccc3C)CC2)s1. The third-order valence-corrected chi connectivity index (χ3v) is 8.96. The number of sulfonamides is 1. The standard InChI is InChI=1S/C24H27N3O3S2/c1-17-7-3-5-9-20(17)23(28)21-16-26-24(31-21)25-15-19-11-13-27(14-12-19)32(29,30)22-10-6-4-8-18(22)2/h3-10,16,19H,11-15H2,1-2H3,(H,25,26). The summed E-state index contributed by atoms with van der Waals surface area (Å²) >= 11 is 1.36. The topological polar surface area (TPSA) is 79.4 Å². The number of anilines is 1. The van der Waals surface area contributed by atoms with Gasteiger partial charge in [-0.1, -0.05) is 53.8 Å². The first kappa shape index (κ1) is 22.6. The van der Waals surface area contributed by atoms with Crippen LogP contribution in [0.25, 0.3) is 0 Å². The first-order valence-electron chi connectivity index (χ1n) is 10.7. The van der Waals surface area contributed by atoms with Gasteiger partial charge in [-0.2, -0.15) is 4.31 Å². The molecule has 1 saturated heterocycles. The summed E-state index contributed by atoms with van der Waals surface area (Å²) < 4.78 is 27.5. The summed E-state index contributed by atoms with van der Waals surface area (Å²) in [6.07, 6.45) is 3.20. The number of hydrogen-bond acceptors (Lipinski definition) is 6. The molecule has 1 N–H and O–H groups in total. The minimum atomic E-state index is -3.45. The molecule has 3 aromatic rings. The highest BCUT2D eigenvalue weighted by atomic mass is 32.2. The number of nitrogens with zero attached hydrogens (tertiary/aromatic N) is 2. The molecule has 168 valence electrons. The van der Waals surface area contributed by atoms with Gasteiger partial charge in [0.05, 0.1) is 16.0 Å². The van der Waals surface area contributed by atoms with Gasteiger partial charge in [0, 0.05) is 25.2 Å². The molecule has 8 heteroatoms. The van der Waals surface area contributed by atoms with Gasteiger partial charge in [0.15, 0.2) is 5.13 Å². The van der Waals surface area contributed by atoms with Crippen molar-refractivity contribution in [3.8, 4) is 0 Å². The first-order valence-corrected chi connectivity index (χ1v) is 13.0. The van der Waals surface area contributed by atoms with Crippen molar-refractivity contribution < 1.29 is 13.2 Å². The van der Waals surface area contributed by atoms with E-state index < -0.39 is 10.0 Å². The second-order valence-corrected chi connectivity index (χ2v) is 11.1. The molecule has 1 aliphatic heterocycles. The molecule has 32 heavy (non-hydrogen) atoms. The molecule has 0 spiro atoms. The zero-order chi connectivity index (χ0) is 22.7. The van der Waals surface area contributed by atoms with Crippen LogP contribution < -0.4 is 5.32 Å². The van der Waals surface area contributed by atoms with Crippen LogP contribution in [0.5, 0.6) is 0 Å². The van der Waals surface area contributed by atoms with E-state index in [0.717, 1.165) is 29.1 Å². The molecule has 0 radical (unpaired) electrons. The lowest BCUT2D eigenvalue weighted by atomic mass is 9.98. The van der Waals surface area contributed by atoms with E-state index >= 15 is 0 Å². The average Bonchev–Trinajstić information content (AvgIpc) is 3.27. The van der Waals surface area contributed by atoms with Gasteiger partial charge in [0.25, 0.3) is 0 Å². The lowest BCUT2D eigenvalue weighted by Crippen LogP contribution is -2.40. The van der Waals surface area contributed by atoms with Crippen LogP contribution >= 0.6 is 11.3 Å². The molecule has 1 fully saturated rings. The minimum Gasteiger partial charge on any atom is -0.361 e. The van der Waals surface area contributed by atoms with E-state index in [1.54, 1.807) is 22.6 Å². The Hall–Kier alpha value is -2.55. The first-order chi connectivity index (χ1) is 15.4. The molecule has 4 rings (SSSR count). The number of nitrogens with one attached hydrogen (secondary N) is 1. The number of benzene rings is 2. The molecule has 0 amide bonds. The largest absolute Gasteiger partial charge is 0.361 e. The quantitative estimate of drug-likeness (QED) is 0.515. The maximum Gasteiger partial charge on any atom is 0.243 e. The van der Waals surface area contributed by atoms with E-state index in [2.05, 4.69) is 10.3 Å². The van der Waals surface area contributed by atoms with Crippen LogP contribution in [0.2, 0.25) is 0 Å². The number of hydrogen-bond donors (Lipinski definition) is 1. The number of rotatable bonds is 7. The lowest BCUT2D eigenvalue weighted by Gasteiger charge is -2.31. The van der Waals surface area contributed by atoms with E-state index in [-0.39, 0.29) is 5.78 Å². The van der Waals surface area contributed by atoms with Crippen molar-refractivity contribution in [1.82, 2.24) is 9.29 Å². The number of carbonyl (C=O) groups excluding carboxylic acids is 1. The maximum atomic E-state index is 13.0. The van der Waals surface area contributed by atoms with Crippen molar-refractivity contribution in [2.75, 3.05) is 25.0 Å². The van der Waals surface area contributed by atoms with E-state index in [1.165, 1.54) is 11.3 Å². The Morgan fingerprint density at radius 3 is 2.41 bits per heavy atom. The average molecular weight is 470 g/mol. The third-order valence-electron chi connectivity index (χ3n) is 5.95. The molecule has 2 heterocycles. The van der Waals surface area contributed by atoms with Gasteiger partial charge in [-0.05, 0) is 49.8 Å². The summed E-state index contributed by atoms with van der Waals surface area (Å²) in [6.45, 7) is 5.49. The summed E-state index contributed by atoms with van der Waals surface area (Å²) in [5.41, 5.74) is 2.42. The summed E-state index contributed by atoms with van der Waals surface area (Å²) in [4.78, 5) is 18.1. The van der Waals surface area contributed by atoms with Crippen molar-refractivity contribution in [2.24, 2.45) is 5.92 Å². The van der Waals surface area contributed by atoms with Gasteiger partial charge < -0.3 is 5.32 Å². The van der Waals surface area contributed by atoms with Gasteiger partial charge >= 0.3 is 0 Å². The molecular formula is C24H27N3O3S2. The normalized spacial score (nSPS) is 15.6. The molecule has 0 bridgehead atoms. The summed E-state index contributed by atoms with van der Waals surface area (Å²) in [7, 11) is -3.45. The van der Waals surface area contributed by atoms with Crippen LogP contribution in [0.3, 0.4) is 0 Å². The van der Waals surface area contributed by atoms with Gasteiger partial charge in [0.1, 0.15) is 0 Å². The maximum absolute atomic E-state index is 13.0. The van der Waals surface area contributed by atoms with E-state index in [0.29, 0.717) is 40.9 Å². The predicted molar refractivity (Wildman–Crippen MR) is 128 cm³/mol. The number of aryl methyl sites for hydroxylation is 2. The molecular weight excluding hydrogens is 442 g/mol. The van der Waals surface area contributed by atoms with Crippen LogP contribution in [0, 0.1) is 19.8 Å². The fraction of sp³-hybridized carbons (Fsp3) is 0.333. The number of carbonyl (C=O) groups is 1. The number of piperidine rings is 1. The monoisotopic (exact) mass is 469 g/mol. The van der Waals surface area contributed by atoms with Gasteiger partial charge in [-0.3, -0.25) is 4.79 Å². The molecule has 1 aliphatic rings. The third kappa shape index (κ3) is 4.77. The molecule has 6 nitrogen and oxygen atoms in total. The number of thiazole rings is 1. The van der Waals surface area contributed by atoms with Crippen LogP contribution in [-0.4, -0.2) is 43.1 Å². The summed E-state index contributed by atoms with van der Waals surface area (Å²) in [6, 6.07) is 14.7. The van der Waals surface area contributed by atoms with Crippen molar-refractivity contribution in [1.29, 1.82) is 0 Å². The Labute approximate surface area is 193 Å². The Bertz CT molecular complexity index is 1210. The second kappa shape index (κ2) is 9.52. The van der Waals surface area contributed by atoms with Crippen molar-refractivity contribution in [3.63, 3.8) is 0 Å². The molecule has 0 aliphatic carbocycles. The number of ketones is 1. The highest BCUT2D eigenvalue weighted by Crippen LogP contribution is 2.27. The Morgan fingerprint density at radius 2 is 1.72 bits per heavy atom. The highest BCUT2D eigenvalue weighted by Gasteiger charge is 2.30. The minimum absolute atomic E-state index is 0.0108. The van der Waals surface area contributed by atoms with E-state index in [1.807, 2.05) is 50.2 Å². The zero-order valence-corrected chi connectivity index (χ0v) is 19.9.